The predicted octanol–water partition coefficient (Wildman–Crippen LogP) is 6.66. The number of pyridine rings is 1. The molecule has 0 amide bonds. The number of nitrogens with two attached hydrogens (primary N) is 1. The van der Waals surface area contributed by atoms with Crippen LogP contribution in [0.4, 0.5) is 8.78 Å². The van der Waals surface area contributed by atoms with Crippen molar-refractivity contribution >= 4 is 22.4 Å². The smallest absolute Gasteiger partial charge is 0.138 e. The van der Waals surface area contributed by atoms with Crippen LogP contribution in [0.15, 0.2) is 54.4 Å². The van der Waals surface area contributed by atoms with Crippen LogP contribution in [0.3, 0.4) is 0 Å². The van der Waals surface area contributed by atoms with Gasteiger partial charge in [-0.25, -0.2) is 8.78 Å². The second kappa shape index (κ2) is 8.64. The number of hydrogen-bond donors (Lipinski definition) is 1. The summed E-state index contributed by atoms with van der Waals surface area (Å²) in [5, 5.41) is 2.46. The normalized spacial score (nSPS) is 28.0. The van der Waals surface area contributed by atoms with Gasteiger partial charge in [0, 0.05) is 41.7 Å². The number of allylic oxidation sites excluding steroid dienone is 4. The number of fused-ring (bicyclic) bond motifs is 1. The molecule has 160 valence electrons. The molecule has 0 aliphatic heterocycles. The lowest BCUT2D eigenvalue weighted by Crippen LogP contribution is -2.50. The molecule has 6 heteroatoms. The van der Waals surface area contributed by atoms with Gasteiger partial charge in [0.2, 0.25) is 0 Å². The molecular weight excluding hydrogens is 406 g/mol. The summed E-state index contributed by atoms with van der Waals surface area (Å²) in [5.74, 6) is -0.471. The number of benzene rings is 1. The van der Waals surface area contributed by atoms with E-state index >= 15 is 0 Å². The highest BCUT2D eigenvalue weighted by Gasteiger charge is 2.46. The van der Waals surface area contributed by atoms with Crippen molar-refractivity contribution in [3.05, 3.63) is 59.4 Å². The minimum Gasteiger partial charge on any atom is -0.489 e. The molecule has 1 saturated carbocycles. The molecule has 1 fully saturated rings. The Labute approximate surface area is 181 Å². The van der Waals surface area contributed by atoms with Crippen LogP contribution in [-0.4, -0.2) is 17.1 Å². The van der Waals surface area contributed by atoms with Gasteiger partial charge in [0.25, 0.3) is 0 Å². The maximum atomic E-state index is 14.0. The summed E-state index contributed by atoms with van der Waals surface area (Å²) in [6.07, 6.45) is 10.1. The molecule has 2 aliphatic carbocycles. The lowest BCUT2D eigenvalue weighted by molar-refractivity contribution is 0.0265. The predicted molar refractivity (Wildman–Crippen MR) is 117 cm³/mol. The molecule has 1 aromatic heterocycles. The zero-order valence-corrected chi connectivity index (χ0v) is 17.8. The first-order valence-corrected chi connectivity index (χ1v) is 11.0. The average molecular weight is 433 g/mol. The molecular formula is C24H27ClF2N2O. The van der Waals surface area contributed by atoms with E-state index < -0.39 is 11.7 Å². The zero-order valence-electron chi connectivity index (χ0n) is 17.1. The van der Waals surface area contributed by atoms with Crippen molar-refractivity contribution < 1.29 is 13.5 Å². The summed E-state index contributed by atoms with van der Waals surface area (Å²) >= 11 is 6.57. The SMILES string of the molecule is CCC(N)C1(C2C=C(F)C=C(F)C2)CCC(Oc2ccc3cnccc3c2Cl)CC1. The molecule has 0 bridgehead atoms. The minimum absolute atomic E-state index is 0.00299. The highest BCUT2D eigenvalue weighted by Crippen LogP contribution is 2.51. The van der Waals surface area contributed by atoms with Gasteiger partial charge in [-0.05, 0) is 67.7 Å². The van der Waals surface area contributed by atoms with Crippen LogP contribution in [0, 0.1) is 11.3 Å². The fraction of sp³-hybridized carbons (Fsp3) is 0.458. The van der Waals surface area contributed by atoms with Crippen LogP contribution in [0.5, 0.6) is 5.75 Å². The van der Waals surface area contributed by atoms with Crippen molar-refractivity contribution in [3.8, 4) is 5.75 Å². The molecule has 2 unspecified atom stereocenters. The van der Waals surface area contributed by atoms with E-state index in [0.29, 0.717) is 10.8 Å². The van der Waals surface area contributed by atoms with Crippen molar-refractivity contribution in [1.82, 2.24) is 4.98 Å². The second-order valence-corrected chi connectivity index (χ2v) is 8.87. The van der Waals surface area contributed by atoms with Crippen molar-refractivity contribution in [2.24, 2.45) is 17.1 Å². The zero-order chi connectivity index (χ0) is 21.3. The van der Waals surface area contributed by atoms with Gasteiger partial charge in [0.05, 0.1) is 11.1 Å². The summed E-state index contributed by atoms with van der Waals surface area (Å²) in [4.78, 5) is 4.12. The maximum absolute atomic E-state index is 14.0. The Morgan fingerprint density at radius 2 is 2.03 bits per heavy atom. The summed E-state index contributed by atoms with van der Waals surface area (Å²) in [6, 6.07) is 5.60. The third-order valence-electron chi connectivity index (χ3n) is 6.86. The Morgan fingerprint density at radius 1 is 1.27 bits per heavy atom. The van der Waals surface area contributed by atoms with Gasteiger partial charge in [-0.3, -0.25) is 4.98 Å². The minimum atomic E-state index is -0.498. The second-order valence-electron chi connectivity index (χ2n) is 8.49. The van der Waals surface area contributed by atoms with Crippen molar-refractivity contribution in [1.29, 1.82) is 0 Å². The quantitative estimate of drug-likeness (QED) is 0.574. The van der Waals surface area contributed by atoms with Crippen LogP contribution < -0.4 is 10.5 Å². The van der Waals surface area contributed by atoms with E-state index in [0.717, 1.165) is 49.0 Å². The van der Waals surface area contributed by atoms with Gasteiger partial charge in [-0.1, -0.05) is 18.5 Å². The maximum Gasteiger partial charge on any atom is 0.138 e. The number of hydrogen-bond acceptors (Lipinski definition) is 3. The van der Waals surface area contributed by atoms with Crippen molar-refractivity contribution in [3.63, 3.8) is 0 Å². The van der Waals surface area contributed by atoms with E-state index in [2.05, 4.69) is 4.98 Å². The Morgan fingerprint density at radius 3 is 2.73 bits per heavy atom. The Hall–Kier alpha value is -1.98. The van der Waals surface area contributed by atoms with E-state index in [1.165, 1.54) is 0 Å². The van der Waals surface area contributed by atoms with E-state index in [1.807, 2.05) is 25.1 Å². The largest absolute Gasteiger partial charge is 0.489 e. The molecule has 0 radical (unpaired) electrons. The van der Waals surface area contributed by atoms with Gasteiger partial charge in [-0.2, -0.15) is 0 Å². The lowest BCUT2D eigenvalue weighted by Gasteiger charge is -2.48. The summed E-state index contributed by atoms with van der Waals surface area (Å²) in [5.41, 5.74) is 6.20. The number of rotatable bonds is 5. The van der Waals surface area contributed by atoms with Gasteiger partial charge >= 0.3 is 0 Å². The van der Waals surface area contributed by atoms with Gasteiger partial charge < -0.3 is 10.5 Å². The number of nitrogens with zero attached hydrogens (tertiary/aromatic N) is 1. The molecule has 2 aliphatic rings. The average Bonchev–Trinajstić information content (AvgIpc) is 2.75. The lowest BCUT2D eigenvalue weighted by atomic mass is 9.59. The Bertz CT molecular complexity index is 982. The molecule has 2 N–H and O–H groups in total. The first-order chi connectivity index (χ1) is 14.4. The van der Waals surface area contributed by atoms with Crippen LogP contribution in [0.25, 0.3) is 10.8 Å². The van der Waals surface area contributed by atoms with E-state index in [1.54, 1.807) is 18.5 Å². The monoisotopic (exact) mass is 432 g/mol. The Balaban J connectivity index is 1.51. The number of aromatic nitrogens is 1. The third kappa shape index (κ3) is 3.97. The van der Waals surface area contributed by atoms with Gasteiger partial charge in [0.1, 0.15) is 17.4 Å². The van der Waals surface area contributed by atoms with Gasteiger partial charge in [0.15, 0.2) is 0 Å². The first-order valence-electron chi connectivity index (χ1n) is 10.6. The fourth-order valence-corrected chi connectivity index (χ4v) is 5.42. The van der Waals surface area contributed by atoms with Crippen LogP contribution in [-0.2, 0) is 0 Å². The van der Waals surface area contributed by atoms with Crippen molar-refractivity contribution in [2.45, 2.75) is 57.6 Å². The summed E-state index contributed by atoms with van der Waals surface area (Å²) in [7, 11) is 0. The molecule has 0 saturated heterocycles. The topological polar surface area (TPSA) is 48.1 Å². The van der Waals surface area contributed by atoms with E-state index in [-0.39, 0.29) is 29.9 Å². The van der Waals surface area contributed by atoms with E-state index in [4.69, 9.17) is 22.1 Å². The standard InChI is InChI=1S/C24H27ClF2N2O/c1-2-22(28)24(16-11-17(26)13-18(27)12-16)8-5-19(6-9-24)30-21-4-3-15-14-29-10-7-20(15)23(21)25/h3-4,7,10-11,13-14,16,19,22H,2,5-6,8-9,12,28H2,1H3. The molecule has 1 heterocycles. The van der Waals surface area contributed by atoms with Crippen LogP contribution in [0.1, 0.15) is 45.4 Å². The molecule has 1 aromatic carbocycles. The Kier molecular flexibility index (Phi) is 6.12. The molecule has 2 atom stereocenters. The van der Waals surface area contributed by atoms with Gasteiger partial charge in [-0.15, -0.1) is 0 Å². The molecule has 2 aromatic rings. The highest BCUT2D eigenvalue weighted by atomic mass is 35.5. The molecule has 0 spiro atoms. The summed E-state index contributed by atoms with van der Waals surface area (Å²) < 4.78 is 34.2. The van der Waals surface area contributed by atoms with Crippen molar-refractivity contribution in [2.75, 3.05) is 0 Å². The molecule has 3 nitrogen and oxygen atoms in total. The molecule has 4 rings (SSSR count). The third-order valence-corrected chi connectivity index (χ3v) is 7.25. The molecule has 30 heavy (non-hydrogen) atoms. The summed E-state index contributed by atoms with van der Waals surface area (Å²) in [6.45, 7) is 2.04. The fourth-order valence-electron chi connectivity index (χ4n) is 5.14. The van der Waals surface area contributed by atoms with Crippen LogP contribution >= 0.6 is 11.6 Å². The van der Waals surface area contributed by atoms with E-state index in [9.17, 15) is 8.78 Å². The first kappa shape index (κ1) is 21.3. The van der Waals surface area contributed by atoms with Crippen LogP contribution in [0.2, 0.25) is 5.02 Å². The number of halogens is 3. The number of ether oxygens (including phenoxy) is 1. The highest BCUT2D eigenvalue weighted by molar-refractivity contribution is 6.37.